The zero-order valence-corrected chi connectivity index (χ0v) is 8.07. The molecule has 1 N–H and O–H groups in total. The first-order valence-corrected chi connectivity index (χ1v) is 4.10. The van der Waals surface area contributed by atoms with E-state index >= 15 is 0 Å². The highest BCUT2D eigenvalue weighted by Crippen LogP contribution is 2.16. The summed E-state index contributed by atoms with van der Waals surface area (Å²) in [5.74, 6) is 0.572. The summed E-state index contributed by atoms with van der Waals surface area (Å²) in [5.41, 5.74) is 2.54. The largest absolute Gasteiger partial charge is 0.319 e. The van der Waals surface area contributed by atoms with Crippen molar-refractivity contribution in [2.75, 3.05) is 13.6 Å². The molecule has 0 aromatic rings. The molecule has 0 aromatic carbocycles. The van der Waals surface area contributed by atoms with Crippen LogP contribution in [0.3, 0.4) is 0 Å². The van der Waals surface area contributed by atoms with Gasteiger partial charge in [-0.1, -0.05) is 25.2 Å². The SMILES string of the molecule is C=C(C)/C(=C/C)C(C)CNC. The number of hydrogen-bond acceptors (Lipinski definition) is 1. The van der Waals surface area contributed by atoms with Crippen molar-refractivity contribution in [3.05, 3.63) is 23.8 Å². The molecule has 0 saturated heterocycles. The Bertz CT molecular complexity index is 156. The average molecular weight is 153 g/mol. The number of hydrogen-bond donors (Lipinski definition) is 1. The van der Waals surface area contributed by atoms with Gasteiger partial charge in [-0.3, -0.25) is 0 Å². The van der Waals surface area contributed by atoms with Crippen LogP contribution in [0.2, 0.25) is 0 Å². The second-order valence-electron chi connectivity index (χ2n) is 2.98. The monoisotopic (exact) mass is 153 g/mol. The summed E-state index contributed by atoms with van der Waals surface area (Å²) in [4.78, 5) is 0. The first kappa shape index (κ1) is 10.4. The third-order valence-electron chi connectivity index (χ3n) is 1.85. The summed E-state index contributed by atoms with van der Waals surface area (Å²) >= 11 is 0. The van der Waals surface area contributed by atoms with Crippen molar-refractivity contribution in [1.29, 1.82) is 0 Å². The summed E-state index contributed by atoms with van der Waals surface area (Å²) in [7, 11) is 1.97. The Morgan fingerprint density at radius 1 is 1.64 bits per heavy atom. The topological polar surface area (TPSA) is 12.0 Å². The maximum absolute atomic E-state index is 3.93. The molecular weight excluding hydrogens is 134 g/mol. The molecule has 0 saturated carbocycles. The van der Waals surface area contributed by atoms with Gasteiger partial charge in [-0.05, 0) is 32.4 Å². The smallest absolute Gasteiger partial charge is 0.00144 e. The van der Waals surface area contributed by atoms with Crippen molar-refractivity contribution in [1.82, 2.24) is 5.32 Å². The van der Waals surface area contributed by atoms with Crippen LogP contribution in [-0.4, -0.2) is 13.6 Å². The molecule has 1 heteroatoms. The Morgan fingerprint density at radius 3 is 2.45 bits per heavy atom. The van der Waals surface area contributed by atoms with E-state index in [1.165, 1.54) is 11.1 Å². The van der Waals surface area contributed by atoms with Crippen LogP contribution < -0.4 is 5.32 Å². The summed E-state index contributed by atoms with van der Waals surface area (Å²) in [6.45, 7) is 11.3. The van der Waals surface area contributed by atoms with E-state index < -0.39 is 0 Å². The Kier molecular flexibility index (Phi) is 4.88. The van der Waals surface area contributed by atoms with Gasteiger partial charge in [-0.2, -0.15) is 0 Å². The molecule has 1 nitrogen and oxygen atoms in total. The minimum absolute atomic E-state index is 0.572. The van der Waals surface area contributed by atoms with Gasteiger partial charge in [0.2, 0.25) is 0 Å². The standard InChI is InChI=1S/C10H19N/c1-6-10(8(2)3)9(4)7-11-5/h6,9,11H,2,7H2,1,3-5H3/b10-6-. The molecule has 64 valence electrons. The van der Waals surface area contributed by atoms with E-state index in [1.54, 1.807) is 0 Å². The first-order valence-electron chi connectivity index (χ1n) is 4.10. The van der Waals surface area contributed by atoms with E-state index in [-0.39, 0.29) is 0 Å². The van der Waals surface area contributed by atoms with Crippen molar-refractivity contribution < 1.29 is 0 Å². The highest BCUT2D eigenvalue weighted by atomic mass is 14.8. The van der Waals surface area contributed by atoms with E-state index in [1.807, 2.05) is 7.05 Å². The van der Waals surface area contributed by atoms with Crippen LogP contribution >= 0.6 is 0 Å². The molecule has 0 aliphatic carbocycles. The summed E-state index contributed by atoms with van der Waals surface area (Å²) in [6.07, 6.45) is 2.14. The molecule has 11 heavy (non-hydrogen) atoms. The van der Waals surface area contributed by atoms with Gasteiger partial charge in [0, 0.05) is 6.54 Å². The minimum Gasteiger partial charge on any atom is -0.319 e. The average Bonchev–Trinajstić information content (AvgIpc) is 1.88. The molecule has 0 radical (unpaired) electrons. The van der Waals surface area contributed by atoms with Crippen molar-refractivity contribution in [3.63, 3.8) is 0 Å². The van der Waals surface area contributed by atoms with Gasteiger partial charge in [0.25, 0.3) is 0 Å². The van der Waals surface area contributed by atoms with Gasteiger partial charge >= 0.3 is 0 Å². The number of rotatable bonds is 4. The van der Waals surface area contributed by atoms with E-state index in [9.17, 15) is 0 Å². The van der Waals surface area contributed by atoms with Gasteiger partial charge in [0.05, 0.1) is 0 Å². The molecule has 0 bridgehead atoms. The highest BCUT2D eigenvalue weighted by molar-refractivity contribution is 5.27. The highest BCUT2D eigenvalue weighted by Gasteiger charge is 2.06. The predicted octanol–water partition coefficient (Wildman–Crippen LogP) is 2.36. The predicted molar refractivity (Wildman–Crippen MR) is 51.7 cm³/mol. The van der Waals surface area contributed by atoms with E-state index in [0.717, 1.165) is 6.54 Å². The van der Waals surface area contributed by atoms with E-state index in [4.69, 9.17) is 0 Å². The van der Waals surface area contributed by atoms with Crippen molar-refractivity contribution >= 4 is 0 Å². The maximum Gasteiger partial charge on any atom is 0.00144 e. The molecule has 0 aliphatic rings. The Morgan fingerprint density at radius 2 is 2.18 bits per heavy atom. The second-order valence-corrected chi connectivity index (χ2v) is 2.98. The lowest BCUT2D eigenvalue weighted by molar-refractivity contribution is 0.623. The van der Waals surface area contributed by atoms with Crippen molar-refractivity contribution in [3.8, 4) is 0 Å². The molecule has 1 unspecified atom stereocenters. The third-order valence-corrected chi connectivity index (χ3v) is 1.85. The third kappa shape index (κ3) is 3.38. The van der Waals surface area contributed by atoms with Crippen molar-refractivity contribution in [2.45, 2.75) is 20.8 Å². The van der Waals surface area contributed by atoms with Gasteiger partial charge in [0.1, 0.15) is 0 Å². The lowest BCUT2D eigenvalue weighted by Crippen LogP contribution is -2.18. The Hall–Kier alpha value is -0.560. The number of allylic oxidation sites excluding steroid dienone is 2. The fourth-order valence-corrected chi connectivity index (χ4v) is 1.37. The van der Waals surface area contributed by atoms with E-state index in [0.29, 0.717) is 5.92 Å². The lowest BCUT2D eigenvalue weighted by Gasteiger charge is -2.14. The van der Waals surface area contributed by atoms with Crippen LogP contribution in [0, 0.1) is 5.92 Å². The maximum atomic E-state index is 3.93. The zero-order chi connectivity index (χ0) is 8.85. The first-order chi connectivity index (χ1) is 5.13. The van der Waals surface area contributed by atoms with Crippen LogP contribution in [0.15, 0.2) is 23.8 Å². The molecule has 0 fully saturated rings. The minimum atomic E-state index is 0.572. The Labute approximate surface area is 70.2 Å². The van der Waals surface area contributed by atoms with E-state index in [2.05, 4.69) is 38.7 Å². The van der Waals surface area contributed by atoms with Crippen LogP contribution in [0.4, 0.5) is 0 Å². The fourth-order valence-electron chi connectivity index (χ4n) is 1.37. The fraction of sp³-hybridized carbons (Fsp3) is 0.600. The van der Waals surface area contributed by atoms with Crippen LogP contribution in [0.5, 0.6) is 0 Å². The summed E-state index contributed by atoms with van der Waals surface area (Å²) < 4.78 is 0. The molecule has 0 spiro atoms. The Balaban J connectivity index is 4.16. The summed E-state index contributed by atoms with van der Waals surface area (Å²) in [5, 5.41) is 3.16. The molecule has 0 amide bonds. The quantitative estimate of drug-likeness (QED) is 0.611. The number of nitrogens with one attached hydrogen (secondary N) is 1. The lowest BCUT2D eigenvalue weighted by atomic mass is 9.95. The van der Waals surface area contributed by atoms with Gasteiger partial charge in [0.15, 0.2) is 0 Å². The van der Waals surface area contributed by atoms with Crippen LogP contribution in [0.1, 0.15) is 20.8 Å². The summed E-state index contributed by atoms with van der Waals surface area (Å²) in [6, 6.07) is 0. The van der Waals surface area contributed by atoms with Gasteiger partial charge in [-0.25, -0.2) is 0 Å². The van der Waals surface area contributed by atoms with Gasteiger partial charge < -0.3 is 5.32 Å². The van der Waals surface area contributed by atoms with Crippen LogP contribution in [0.25, 0.3) is 0 Å². The van der Waals surface area contributed by atoms with Gasteiger partial charge in [-0.15, -0.1) is 0 Å². The van der Waals surface area contributed by atoms with Crippen LogP contribution in [-0.2, 0) is 0 Å². The molecule has 0 aliphatic heterocycles. The zero-order valence-electron chi connectivity index (χ0n) is 8.07. The molecule has 0 rings (SSSR count). The normalized spacial score (nSPS) is 14.7. The second kappa shape index (κ2) is 5.14. The molecular formula is C10H19N. The molecule has 1 atom stereocenters. The molecule has 0 aromatic heterocycles. The molecule has 0 heterocycles. The van der Waals surface area contributed by atoms with Crippen molar-refractivity contribution in [2.24, 2.45) is 5.92 Å².